The summed E-state index contributed by atoms with van der Waals surface area (Å²) >= 11 is 1.70. The number of hydrogen-bond acceptors (Lipinski definition) is 5. The lowest BCUT2D eigenvalue weighted by Crippen LogP contribution is -2.18. The summed E-state index contributed by atoms with van der Waals surface area (Å²) in [6.45, 7) is 0. The molecule has 9 heteroatoms. The van der Waals surface area contributed by atoms with Gasteiger partial charge in [-0.1, -0.05) is 0 Å². The molecule has 0 aromatic carbocycles. The van der Waals surface area contributed by atoms with Crippen molar-refractivity contribution >= 4 is 23.1 Å². The van der Waals surface area contributed by atoms with Crippen LogP contribution in [0, 0.1) is 10.1 Å². The van der Waals surface area contributed by atoms with Crippen LogP contribution < -0.4 is 5.32 Å². The van der Waals surface area contributed by atoms with E-state index in [1.54, 1.807) is 11.8 Å². The molecule has 2 atom stereocenters. The van der Waals surface area contributed by atoms with Gasteiger partial charge < -0.3 is 5.32 Å². The second-order valence-electron chi connectivity index (χ2n) is 4.85. The molecule has 1 aliphatic carbocycles. The topological polar surface area (TPSA) is 68.1 Å². The number of pyridine rings is 1. The molecule has 1 saturated carbocycles. The van der Waals surface area contributed by atoms with Crippen molar-refractivity contribution in [1.29, 1.82) is 0 Å². The fraction of sp³-hybridized carbons (Fsp3) is 0.583. The first-order valence-corrected chi connectivity index (χ1v) is 7.61. The number of aromatic nitrogens is 1. The number of nitrogens with one attached hydrogen (secondary N) is 1. The standard InChI is InChI=1S/C12H14F3N3O2S/c1-21-8-3-2-7(4-8)17-9-5-11(12(13,14)15)16-6-10(9)18(19)20/h5-8H,2-4H2,1H3,(H,16,17). The van der Waals surface area contributed by atoms with Gasteiger partial charge in [0.15, 0.2) is 0 Å². The van der Waals surface area contributed by atoms with E-state index in [2.05, 4.69) is 10.3 Å². The Morgan fingerprint density at radius 2 is 2.19 bits per heavy atom. The van der Waals surface area contributed by atoms with E-state index >= 15 is 0 Å². The Morgan fingerprint density at radius 3 is 2.71 bits per heavy atom. The predicted molar refractivity (Wildman–Crippen MR) is 74.5 cm³/mol. The number of nitro groups is 1. The Bertz CT molecular complexity index is 539. The lowest BCUT2D eigenvalue weighted by Gasteiger charge is -2.15. The third-order valence-corrected chi connectivity index (χ3v) is 4.54. The molecule has 116 valence electrons. The average Bonchev–Trinajstić information content (AvgIpc) is 2.85. The monoisotopic (exact) mass is 321 g/mol. The first-order chi connectivity index (χ1) is 9.81. The maximum Gasteiger partial charge on any atom is 0.433 e. The molecule has 5 nitrogen and oxygen atoms in total. The van der Waals surface area contributed by atoms with Gasteiger partial charge in [0.25, 0.3) is 0 Å². The minimum absolute atomic E-state index is 0.0513. The van der Waals surface area contributed by atoms with Gasteiger partial charge >= 0.3 is 11.9 Å². The highest BCUT2D eigenvalue weighted by Gasteiger charge is 2.35. The largest absolute Gasteiger partial charge is 0.433 e. The highest BCUT2D eigenvalue weighted by molar-refractivity contribution is 7.99. The summed E-state index contributed by atoms with van der Waals surface area (Å²) in [4.78, 5) is 13.3. The van der Waals surface area contributed by atoms with Gasteiger partial charge in [-0.3, -0.25) is 10.1 Å². The first-order valence-electron chi connectivity index (χ1n) is 6.32. The smallest absolute Gasteiger partial charge is 0.377 e. The number of anilines is 1. The maximum atomic E-state index is 12.7. The van der Waals surface area contributed by atoms with Gasteiger partial charge in [-0.25, -0.2) is 4.98 Å². The number of hydrogen-bond donors (Lipinski definition) is 1. The molecule has 0 bridgehead atoms. The van der Waals surface area contributed by atoms with Crippen molar-refractivity contribution < 1.29 is 18.1 Å². The first kappa shape index (κ1) is 15.9. The average molecular weight is 321 g/mol. The van der Waals surface area contributed by atoms with Crippen LogP contribution in [0.5, 0.6) is 0 Å². The lowest BCUT2D eigenvalue weighted by molar-refractivity contribution is -0.384. The van der Waals surface area contributed by atoms with E-state index < -0.39 is 22.5 Å². The number of alkyl halides is 3. The molecule has 0 radical (unpaired) electrons. The molecule has 1 N–H and O–H groups in total. The molecule has 21 heavy (non-hydrogen) atoms. The molecule has 1 heterocycles. The lowest BCUT2D eigenvalue weighted by atomic mass is 10.2. The summed E-state index contributed by atoms with van der Waals surface area (Å²) in [5.41, 5.74) is -1.68. The predicted octanol–water partition coefficient (Wildman–Crippen LogP) is 3.70. The molecule has 2 rings (SSSR count). The minimum Gasteiger partial charge on any atom is -0.377 e. The van der Waals surface area contributed by atoms with Crippen LogP contribution in [0.3, 0.4) is 0 Å². The second kappa shape index (κ2) is 6.08. The van der Waals surface area contributed by atoms with Crippen LogP contribution >= 0.6 is 11.8 Å². The van der Waals surface area contributed by atoms with Crippen molar-refractivity contribution in [1.82, 2.24) is 4.98 Å². The number of rotatable bonds is 4. The van der Waals surface area contributed by atoms with E-state index in [0.717, 1.165) is 19.3 Å². The Balaban J connectivity index is 2.25. The van der Waals surface area contributed by atoms with Gasteiger partial charge in [0, 0.05) is 11.3 Å². The molecule has 0 spiro atoms. The number of thioether (sulfide) groups is 1. The maximum absolute atomic E-state index is 12.7. The molecule has 0 saturated heterocycles. The fourth-order valence-corrected chi connectivity index (χ4v) is 3.17. The van der Waals surface area contributed by atoms with E-state index in [9.17, 15) is 23.3 Å². The molecule has 1 aliphatic rings. The molecule has 1 aromatic heterocycles. The van der Waals surface area contributed by atoms with E-state index in [-0.39, 0.29) is 11.7 Å². The van der Waals surface area contributed by atoms with Crippen molar-refractivity contribution in [2.24, 2.45) is 0 Å². The molecular weight excluding hydrogens is 307 g/mol. The third-order valence-electron chi connectivity index (χ3n) is 3.45. The van der Waals surface area contributed by atoms with Gasteiger partial charge in [-0.2, -0.15) is 24.9 Å². The van der Waals surface area contributed by atoms with Crippen molar-refractivity contribution in [3.63, 3.8) is 0 Å². The minimum atomic E-state index is -4.62. The highest BCUT2D eigenvalue weighted by atomic mass is 32.2. The van der Waals surface area contributed by atoms with E-state index in [1.807, 2.05) is 6.26 Å². The van der Waals surface area contributed by atoms with Gasteiger partial charge in [0.2, 0.25) is 0 Å². The van der Waals surface area contributed by atoms with E-state index in [4.69, 9.17) is 0 Å². The molecule has 0 aliphatic heterocycles. The summed E-state index contributed by atoms with van der Waals surface area (Å²) in [7, 11) is 0. The number of nitrogens with zero attached hydrogens (tertiary/aromatic N) is 2. The molecule has 1 aromatic rings. The van der Waals surface area contributed by atoms with Crippen molar-refractivity contribution in [3.05, 3.63) is 28.1 Å². The van der Waals surface area contributed by atoms with Crippen LogP contribution in [-0.4, -0.2) is 27.5 Å². The Labute approximate surface area is 123 Å². The van der Waals surface area contributed by atoms with E-state index in [0.29, 0.717) is 17.5 Å². The van der Waals surface area contributed by atoms with Gasteiger partial charge in [0.05, 0.1) is 4.92 Å². The van der Waals surface area contributed by atoms with Crippen LogP contribution in [0.1, 0.15) is 25.0 Å². The molecule has 2 unspecified atom stereocenters. The zero-order chi connectivity index (χ0) is 15.6. The summed E-state index contributed by atoms with van der Waals surface area (Å²) < 4.78 is 38.0. The number of halogens is 3. The van der Waals surface area contributed by atoms with E-state index in [1.165, 1.54) is 0 Å². The van der Waals surface area contributed by atoms with Gasteiger partial charge in [-0.05, 0) is 31.6 Å². The SMILES string of the molecule is CSC1CCC(Nc2cc(C(F)(F)F)ncc2[N+](=O)[O-])C1. The highest BCUT2D eigenvalue weighted by Crippen LogP contribution is 2.36. The van der Waals surface area contributed by atoms with Crippen LogP contribution in [-0.2, 0) is 6.18 Å². The summed E-state index contributed by atoms with van der Waals surface area (Å²) in [6.07, 6.45) is 0.525. The summed E-state index contributed by atoms with van der Waals surface area (Å²) in [5.74, 6) is 0. The normalized spacial score (nSPS) is 22.3. The second-order valence-corrected chi connectivity index (χ2v) is 5.99. The summed E-state index contributed by atoms with van der Waals surface area (Å²) in [5, 5.41) is 14.2. The molecule has 1 fully saturated rings. The third kappa shape index (κ3) is 3.78. The Morgan fingerprint density at radius 1 is 1.48 bits per heavy atom. The quantitative estimate of drug-likeness (QED) is 0.676. The van der Waals surface area contributed by atoms with Gasteiger partial charge in [0.1, 0.15) is 17.6 Å². The van der Waals surface area contributed by atoms with Crippen molar-refractivity contribution in [2.75, 3.05) is 11.6 Å². The summed E-state index contributed by atoms with van der Waals surface area (Å²) in [6, 6.07) is 0.662. The van der Waals surface area contributed by atoms with Crippen molar-refractivity contribution in [3.8, 4) is 0 Å². The van der Waals surface area contributed by atoms with Crippen LogP contribution in [0.25, 0.3) is 0 Å². The van der Waals surface area contributed by atoms with Crippen LogP contribution in [0.4, 0.5) is 24.5 Å². The molecule has 0 amide bonds. The Kier molecular flexibility index (Phi) is 4.60. The molecular formula is C12H14F3N3O2S. The fourth-order valence-electron chi connectivity index (χ4n) is 2.37. The van der Waals surface area contributed by atoms with Crippen LogP contribution in [0.15, 0.2) is 12.3 Å². The zero-order valence-electron chi connectivity index (χ0n) is 11.2. The van der Waals surface area contributed by atoms with Crippen LogP contribution in [0.2, 0.25) is 0 Å². The van der Waals surface area contributed by atoms with Gasteiger partial charge in [-0.15, -0.1) is 0 Å². The zero-order valence-corrected chi connectivity index (χ0v) is 12.0. The van der Waals surface area contributed by atoms with Crippen molar-refractivity contribution in [2.45, 2.75) is 36.7 Å². The Hall–Kier alpha value is -1.51.